The summed E-state index contributed by atoms with van der Waals surface area (Å²) in [6.45, 7) is 1.89. The van der Waals surface area contributed by atoms with Gasteiger partial charge in [-0.2, -0.15) is 0 Å². The van der Waals surface area contributed by atoms with E-state index in [9.17, 15) is 5.11 Å². The van der Waals surface area contributed by atoms with Crippen molar-refractivity contribution in [3.8, 4) is 5.75 Å². The fraction of sp³-hybridized carbons (Fsp3) is 0.273. The van der Waals surface area contributed by atoms with Gasteiger partial charge in [0.1, 0.15) is 5.75 Å². The molecule has 0 saturated heterocycles. The molecule has 0 radical (unpaired) electrons. The van der Waals surface area contributed by atoms with E-state index in [1.807, 2.05) is 12.3 Å². The van der Waals surface area contributed by atoms with Gasteiger partial charge in [-0.15, -0.1) is 0 Å². The first-order chi connectivity index (χ1) is 6.84. The Kier molecular flexibility index (Phi) is 1.55. The minimum atomic E-state index is 0.350. The van der Waals surface area contributed by atoms with Gasteiger partial charge in [0.25, 0.3) is 0 Å². The maximum atomic E-state index is 9.53. The summed E-state index contributed by atoms with van der Waals surface area (Å²) in [5, 5.41) is 14.2. The van der Waals surface area contributed by atoms with E-state index in [4.69, 9.17) is 0 Å². The van der Waals surface area contributed by atoms with Crippen molar-refractivity contribution >= 4 is 10.9 Å². The molecule has 3 rings (SSSR count). The van der Waals surface area contributed by atoms with E-state index in [1.165, 1.54) is 16.5 Å². The second-order valence-electron chi connectivity index (χ2n) is 3.77. The summed E-state index contributed by atoms with van der Waals surface area (Å²) in [6, 6.07) is 3.65. The Hall–Kier alpha value is -1.48. The zero-order valence-electron chi connectivity index (χ0n) is 7.80. The van der Waals surface area contributed by atoms with Crippen LogP contribution in [0.25, 0.3) is 10.9 Å². The molecule has 1 aliphatic rings. The highest BCUT2D eigenvalue weighted by Gasteiger charge is 2.12. The SMILES string of the molecule is Oc1cc2c3c(c[nH]c3c1)CNCC2. The standard InChI is InChI=1S/C11H12N2O/c14-9-3-7-1-2-12-5-8-6-13-10(4-9)11(7)8/h3-4,6,12-14H,1-2,5H2. The first kappa shape index (κ1) is 7.88. The molecular formula is C11H12N2O. The van der Waals surface area contributed by atoms with Gasteiger partial charge in [0, 0.05) is 29.7 Å². The van der Waals surface area contributed by atoms with Crippen molar-refractivity contribution in [3.63, 3.8) is 0 Å². The molecule has 2 heterocycles. The highest BCUT2D eigenvalue weighted by atomic mass is 16.3. The number of phenolic OH excluding ortho intramolecular Hbond substituents is 1. The molecule has 3 heteroatoms. The lowest BCUT2D eigenvalue weighted by Crippen LogP contribution is -2.13. The largest absolute Gasteiger partial charge is 0.508 e. The van der Waals surface area contributed by atoms with Gasteiger partial charge < -0.3 is 15.4 Å². The van der Waals surface area contributed by atoms with E-state index < -0.39 is 0 Å². The molecule has 0 amide bonds. The minimum Gasteiger partial charge on any atom is -0.508 e. The van der Waals surface area contributed by atoms with Crippen LogP contribution in [0.15, 0.2) is 18.3 Å². The lowest BCUT2D eigenvalue weighted by molar-refractivity contribution is 0.475. The van der Waals surface area contributed by atoms with E-state index in [2.05, 4.69) is 10.3 Å². The number of aromatic hydroxyl groups is 1. The van der Waals surface area contributed by atoms with Crippen LogP contribution in [0.4, 0.5) is 0 Å². The predicted octanol–water partition coefficient (Wildman–Crippen LogP) is 1.52. The van der Waals surface area contributed by atoms with Crippen molar-refractivity contribution in [1.82, 2.24) is 10.3 Å². The Morgan fingerprint density at radius 3 is 3.07 bits per heavy atom. The zero-order valence-corrected chi connectivity index (χ0v) is 7.80. The van der Waals surface area contributed by atoms with Crippen LogP contribution in [-0.2, 0) is 13.0 Å². The first-order valence-corrected chi connectivity index (χ1v) is 4.87. The topological polar surface area (TPSA) is 48.0 Å². The molecule has 0 aliphatic carbocycles. The zero-order chi connectivity index (χ0) is 9.54. The number of hydrogen-bond donors (Lipinski definition) is 3. The second kappa shape index (κ2) is 2.75. The van der Waals surface area contributed by atoms with E-state index in [0.29, 0.717) is 5.75 Å². The summed E-state index contributed by atoms with van der Waals surface area (Å²) < 4.78 is 0. The third-order valence-corrected chi connectivity index (χ3v) is 2.81. The third kappa shape index (κ3) is 1.02. The smallest absolute Gasteiger partial charge is 0.117 e. The van der Waals surface area contributed by atoms with Crippen LogP contribution in [-0.4, -0.2) is 16.6 Å². The van der Waals surface area contributed by atoms with Crippen LogP contribution in [0.2, 0.25) is 0 Å². The number of aromatic nitrogens is 1. The Morgan fingerprint density at radius 1 is 1.21 bits per heavy atom. The van der Waals surface area contributed by atoms with Crippen LogP contribution in [0.1, 0.15) is 11.1 Å². The molecule has 0 fully saturated rings. The fourth-order valence-electron chi connectivity index (χ4n) is 2.20. The minimum absolute atomic E-state index is 0.350. The molecule has 1 aromatic carbocycles. The summed E-state index contributed by atoms with van der Waals surface area (Å²) >= 11 is 0. The molecule has 1 aromatic heterocycles. The number of hydrogen-bond acceptors (Lipinski definition) is 2. The van der Waals surface area contributed by atoms with E-state index in [-0.39, 0.29) is 0 Å². The number of aromatic amines is 1. The molecule has 0 unspecified atom stereocenters. The number of benzene rings is 1. The molecule has 2 aromatic rings. The van der Waals surface area contributed by atoms with E-state index in [0.717, 1.165) is 25.0 Å². The Balaban J connectivity index is 2.39. The summed E-state index contributed by atoms with van der Waals surface area (Å²) in [5.74, 6) is 0.350. The third-order valence-electron chi connectivity index (χ3n) is 2.81. The van der Waals surface area contributed by atoms with Crippen molar-refractivity contribution in [1.29, 1.82) is 0 Å². The first-order valence-electron chi connectivity index (χ1n) is 4.87. The van der Waals surface area contributed by atoms with Crippen molar-refractivity contribution in [2.24, 2.45) is 0 Å². The normalized spacial score (nSPS) is 15.7. The van der Waals surface area contributed by atoms with Gasteiger partial charge in [-0.25, -0.2) is 0 Å². The van der Waals surface area contributed by atoms with Gasteiger partial charge in [0.15, 0.2) is 0 Å². The molecule has 0 atom stereocenters. The van der Waals surface area contributed by atoms with E-state index in [1.54, 1.807) is 6.07 Å². The van der Waals surface area contributed by atoms with Gasteiger partial charge in [0.2, 0.25) is 0 Å². The van der Waals surface area contributed by atoms with Crippen molar-refractivity contribution in [3.05, 3.63) is 29.5 Å². The molecule has 3 nitrogen and oxygen atoms in total. The van der Waals surface area contributed by atoms with Crippen molar-refractivity contribution < 1.29 is 5.11 Å². The maximum absolute atomic E-state index is 9.53. The van der Waals surface area contributed by atoms with Crippen LogP contribution >= 0.6 is 0 Å². The predicted molar refractivity (Wildman–Crippen MR) is 55.4 cm³/mol. The van der Waals surface area contributed by atoms with Gasteiger partial charge >= 0.3 is 0 Å². The maximum Gasteiger partial charge on any atom is 0.117 e. The molecule has 3 N–H and O–H groups in total. The van der Waals surface area contributed by atoms with Crippen molar-refractivity contribution in [2.45, 2.75) is 13.0 Å². The number of H-pyrrole nitrogens is 1. The second-order valence-corrected chi connectivity index (χ2v) is 3.77. The Labute approximate surface area is 81.8 Å². The van der Waals surface area contributed by atoms with Gasteiger partial charge in [0.05, 0.1) is 0 Å². The highest BCUT2D eigenvalue weighted by Crippen LogP contribution is 2.28. The Bertz CT molecular complexity index is 487. The quantitative estimate of drug-likeness (QED) is 0.587. The summed E-state index contributed by atoms with van der Waals surface area (Å²) in [4.78, 5) is 3.19. The van der Waals surface area contributed by atoms with Crippen LogP contribution in [0.5, 0.6) is 5.75 Å². The van der Waals surface area contributed by atoms with Crippen LogP contribution in [0, 0.1) is 0 Å². The highest BCUT2D eigenvalue weighted by molar-refractivity contribution is 5.88. The lowest BCUT2D eigenvalue weighted by atomic mass is 10.0. The Morgan fingerprint density at radius 2 is 2.14 bits per heavy atom. The summed E-state index contributed by atoms with van der Waals surface area (Å²) in [6.07, 6.45) is 3.00. The molecule has 1 aliphatic heterocycles. The molecule has 72 valence electrons. The van der Waals surface area contributed by atoms with Crippen LogP contribution in [0.3, 0.4) is 0 Å². The van der Waals surface area contributed by atoms with Crippen LogP contribution < -0.4 is 5.32 Å². The average Bonchev–Trinajstić information content (AvgIpc) is 2.43. The monoisotopic (exact) mass is 188 g/mol. The summed E-state index contributed by atoms with van der Waals surface area (Å²) in [7, 11) is 0. The fourth-order valence-corrected chi connectivity index (χ4v) is 2.20. The van der Waals surface area contributed by atoms with Gasteiger partial charge in [-0.1, -0.05) is 0 Å². The van der Waals surface area contributed by atoms with E-state index >= 15 is 0 Å². The van der Waals surface area contributed by atoms with Gasteiger partial charge in [-0.3, -0.25) is 0 Å². The number of nitrogens with one attached hydrogen (secondary N) is 2. The number of phenols is 1. The molecular weight excluding hydrogens is 176 g/mol. The number of rotatable bonds is 0. The molecule has 0 bridgehead atoms. The average molecular weight is 188 g/mol. The molecule has 0 saturated carbocycles. The molecule has 14 heavy (non-hydrogen) atoms. The summed E-state index contributed by atoms with van der Waals surface area (Å²) in [5.41, 5.74) is 3.58. The van der Waals surface area contributed by atoms with Gasteiger partial charge in [-0.05, 0) is 30.2 Å². The molecule has 0 spiro atoms. The van der Waals surface area contributed by atoms with Crippen molar-refractivity contribution in [2.75, 3.05) is 6.54 Å². The lowest BCUT2D eigenvalue weighted by Gasteiger charge is -2.01.